The van der Waals surface area contributed by atoms with E-state index in [9.17, 15) is 13.2 Å². The molecular weight excluding hydrogens is 410 g/mol. The molecule has 2 aliphatic heterocycles. The highest BCUT2D eigenvalue weighted by molar-refractivity contribution is 7.89. The van der Waals surface area contributed by atoms with E-state index < -0.39 is 10.0 Å². The highest BCUT2D eigenvalue weighted by atomic mass is 32.2. The van der Waals surface area contributed by atoms with E-state index >= 15 is 0 Å². The van der Waals surface area contributed by atoms with Gasteiger partial charge in [0.05, 0.1) is 11.4 Å². The number of piperazine rings is 1. The fourth-order valence-electron chi connectivity index (χ4n) is 4.54. The Kier molecular flexibility index (Phi) is 6.46. The Labute approximate surface area is 185 Å². The van der Waals surface area contributed by atoms with Gasteiger partial charge in [-0.15, -0.1) is 0 Å². The van der Waals surface area contributed by atoms with E-state index in [4.69, 9.17) is 0 Å². The molecule has 2 aliphatic rings. The van der Waals surface area contributed by atoms with E-state index in [0.29, 0.717) is 37.6 Å². The van der Waals surface area contributed by atoms with Crippen molar-refractivity contribution in [2.24, 2.45) is 0 Å². The van der Waals surface area contributed by atoms with Gasteiger partial charge in [0, 0.05) is 32.2 Å². The zero-order chi connectivity index (χ0) is 22.0. The van der Waals surface area contributed by atoms with Crippen LogP contribution in [0, 0.1) is 13.8 Å². The van der Waals surface area contributed by atoms with Crippen LogP contribution in [0.25, 0.3) is 0 Å². The summed E-state index contributed by atoms with van der Waals surface area (Å²) in [6.45, 7) is 6.76. The van der Waals surface area contributed by atoms with Gasteiger partial charge in [-0.25, -0.2) is 8.42 Å². The molecule has 2 aromatic rings. The first-order chi connectivity index (χ1) is 14.9. The number of amides is 1. The number of rotatable bonds is 5. The summed E-state index contributed by atoms with van der Waals surface area (Å²) in [5, 5.41) is 0. The number of nitrogens with zero attached hydrogens (tertiary/aromatic N) is 3. The van der Waals surface area contributed by atoms with E-state index in [1.165, 1.54) is 9.87 Å². The van der Waals surface area contributed by atoms with Crippen LogP contribution in [0.5, 0.6) is 0 Å². The molecule has 2 aromatic carbocycles. The largest absolute Gasteiger partial charge is 0.339 e. The summed E-state index contributed by atoms with van der Waals surface area (Å²) in [4.78, 5) is 17.4. The average Bonchev–Trinajstić information content (AvgIpc) is 3.24. The maximum atomic E-state index is 13.0. The summed E-state index contributed by atoms with van der Waals surface area (Å²) in [7, 11) is -3.53. The van der Waals surface area contributed by atoms with Gasteiger partial charge in [0.15, 0.2) is 0 Å². The fraction of sp³-hybridized carbons (Fsp3) is 0.458. The third-order valence-corrected chi connectivity index (χ3v) is 8.49. The van der Waals surface area contributed by atoms with Crippen molar-refractivity contribution in [1.82, 2.24) is 14.1 Å². The molecule has 0 radical (unpaired) electrons. The summed E-state index contributed by atoms with van der Waals surface area (Å²) >= 11 is 0. The molecule has 0 N–H and O–H groups in total. The van der Waals surface area contributed by atoms with Gasteiger partial charge in [0.1, 0.15) is 0 Å². The molecule has 31 heavy (non-hydrogen) atoms. The summed E-state index contributed by atoms with van der Waals surface area (Å²) < 4.78 is 27.5. The Morgan fingerprint density at radius 2 is 1.65 bits per heavy atom. The van der Waals surface area contributed by atoms with E-state index in [0.717, 1.165) is 30.5 Å². The molecule has 0 spiro atoms. The highest BCUT2D eigenvalue weighted by Gasteiger charge is 2.33. The lowest BCUT2D eigenvalue weighted by atomic mass is 10.0. The normalized spacial score (nSPS) is 20.8. The van der Waals surface area contributed by atoms with Gasteiger partial charge in [-0.05, 0) is 62.1 Å². The summed E-state index contributed by atoms with van der Waals surface area (Å²) in [5.74, 6) is 0.0889. The molecule has 2 saturated heterocycles. The van der Waals surface area contributed by atoms with E-state index in [2.05, 4.69) is 17.0 Å². The molecule has 0 aliphatic carbocycles. The first kappa shape index (κ1) is 22.0. The number of hydrogen-bond acceptors (Lipinski definition) is 4. The summed E-state index contributed by atoms with van der Waals surface area (Å²) in [6, 6.07) is 15.9. The van der Waals surface area contributed by atoms with Crippen molar-refractivity contribution < 1.29 is 13.2 Å². The Bertz CT molecular complexity index is 1030. The second-order valence-corrected chi connectivity index (χ2v) is 10.5. The van der Waals surface area contributed by atoms with Crippen molar-refractivity contribution in [2.75, 3.05) is 39.3 Å². The third-order valence-electron chi connectivity index (χ3n) is 6.59. The minimum absolute atomic E-state index is 0.0889. The van der Waals surface area contributed by atoms with Gasteiger partial charge in [-0.3, -0.25) is 9.69 Å². The molecule has 1 atom stereocenters. The average molecular weight is 442 g/mol. The van der Waals surface area contributed by atoms with Crippen LogP contribution >= 0.6 is 0 Å². The van der Waals surface area contributed by atoms with Crippen molar-refractivity contribution in [3.05, 3.63) is 65.2 Å². The van der Waals surface area contributed by atoms with Crippen LogP contribution in [0.15, 0.2) is 53.4 Å². The monoisotopic (exact) mass is 441 g/mol. The lowest BCUT2D eigenvalue weighted by Crippen LogP contribution is -2.52. The third kappa shape index (κ3) is 4.68. The van der Waals surface area contributed by atoms with E-state index in [-0.39, 0.29) is 11.9 Å². The molecule has 1 amide bonds. The molecule has 1 unspecified atom stereocenters. The van der Waals surface area contributed by atoms with Crippen molar-refractivity contribution in [3.8, 4) is 0 Å². The number of aryl methyl sites for hydroxylation is 2. The Morgan fingerprint density at radius 3 is 2.32 bits per heavy atom. The predicted octanol–water partition coefficient (Wildman–Crippen LogP) is 2.97. The van der Waals surface area contributed by atoms with Crippen LogP contribution in [-0.4, -0.2) is 67.7 Å². The predicted molar refractivity (Wildman–Crippen MR) is 121 cm³/mol. The smallest absolute Gasteiger partial charge is 0.243 e. The summed E-state index contributed by atoms with van der Waals surface area (Å²) in [6.07, 6.45) is 2.16. The molecule has 166 valence electrons. The van der Waals surface area contributed by atoms with Crippen molar-refractivity contribution in [2.45, 2.75) is 37.6 Å². The second kappa shape index (κ2) is 9.10. The van der Waals surface area contributed by atoms with Crippen LogP contribution in [0.3, 0.4) is 0 Å². The summed E-state index contributed by atoms with van der Waals surface area (Å²) in [5.41, 5.74) is 3.30. The van der Waals surface area contributed by atoms with Crippen molar-refractivity contribution in [1.29, 1.82) is 0 Å². The first-order valence-corrected chi connectivity index (χ1v) is 12.4. The zero-order valence-electron chi connectivity index (χ0n) is 18.3. The fourth-order valence-corrected chi connectivity index (χ4v) is 6.05. The zero-order valence-corrected chi connectivity index (χ0v) is 19.1. The Hall–Kier alpha value is -2.22. The van der Waals surface area contributed by atoms with Crippen molar-refractivity contribution in [3.63, 3.8) is 0 Å². The van der Waals surface area contributed by atoms with Crippen LogP contribution in [0.1, 0.15) is 35.6 Å². The van der Waals surface area contributed by atoms with E-state index in [1.54, 1.807) is 12.1 Å². The SMILES string of the molecule is Cc1ccc(S(=O)(=O)N2CCN(C(=O)CN3CCCC3c3ccccc3)CC2)cc1C. The number of hydrogen-bond donors (Lipinski definition) is 0. The topological polar surface area (TPSA) is 60.9 Å². The molecular formula is C24H31N3O3S. The standard InChI is InChI=1S/C24H31N3O3S/c1-19-10-11-22(17-20(19)2)31(29,30)27-15-13-25(14-16-27)24(28)18-26-12-6-9-23(26)21-7-4-3-5-8-21/h3-5,7-8,10-11,17,23H,6,9,12-16,18H2,1-2H3. The molecule has 0 bridgehead atoms. The number of carbonyl (C=O) groups is 1. The minimum atomic E-state index is -3.53. The lowest BCUT2D eigenvalue weighted by molar-refractivity contribution is -0.133. The molecule has 0 aromatic heterocycles. The molecule has 2 heterocycles. The first-order valence-electron chi connectivity index (χ1n) is 11.0. The van der Waals surface area contributed by atoms with Gasteiger partial charge in [0.25, 0.3) is 0 Å². The Morgan fingerprint density at radius 1 is 0.935 bits per heavy atom. The van der Waals surface area contributed by atoms with Gasteiger partial charge in [-0.2, -0.15) is 4.31 Å². The van der Waals surface area contributed by atoms with Gasteiger partial charge in [0.2, 0.25) is 15.9 Å². The quantitative estimate of drug-likeness (QED) is 0.716. The number of carbonyl (C=O) groups excluding carboxylic acids is 1. The number of sulfonamides is 1. The van der Waals surface area contributed by atoms with E-state index in [1.807, 2.05) is 43.0 Å². The molecule has 6 nitrogen and oxygen atoms in total. The lowest BCUT2D eigenvalue weighted by Gasteiger charge is -2.35. The van der Waals surface area contributed by atoms with Crippen LogP contribution < -0.4 is 0 Å². The van der Waals surface area contributed by atoms with Crippen molar-refractivity contribution >= 4 is 15.9 Å². The van der Waals surface area contributed by atoms with Crippen LogP contribution in [0.4, 0.5) is 0 Å². The second-order valence-electron chi connectivity index (χ2n) is 8.57. The van der Waals surface area contributed by atoms with Gasteiger partial charge in [-0.1, -0.05) is 36.4 Å². The maximum absolute atomic E-state index is 13.0. The maximum Gasteiger partial charge on any atom is 0.243 e. The van der Waals surface area contributed by atoms with Gasteiger partial charge < -0.3 is 4.90 Å². The van der Waals surface area contributed by atoms with Gasteiger partial charge >= 0.3 is 0 Å². The molecule has 4 rings (SSSR count). The molecule has 0 saturated carbocycles. The molecule has 7 heteroatoms. The van der Waals surface area contributed by atoms with Crippen LogP contribution in [0.2, 0.25) is 0 Å². The van der Waals surface area contributed by atoms with Crippen LogP contribution in [-0.2, 0) is 14.8 Å². The highest BCUT2D eigenvalue weighted by Crippen LogP contribution is 2.31. The Balaban J connectivity index is 1.36. The number of likely N-dealkylation sites (tertiary alicyclic amines) is 1. The minimum Gasteiger partial charge on any atom is -0.339 e. The molecule has 2 fully saturated rings. The number of benzene rings is 2.